The third-order valence-electron chi connectivity index (χ3n) is 3.79. The van der Waals surface area contributed by atoms with Gasteiger partial charge >= 0.3 is 0 Å². The van der Waals surface area contributed by atoms with Crippen molar-refractivity contribution < 1.29 is 4.79 Å². The average molecular weight is 261 g/mol. The second-order valence-electron chi connectivity index (χ2n) is 5.54. The van der Waals surface area contributed by atoms with E-state index < -0.39 is 0 Å². The Morgan fingerprint density at radius 2 is 2.47 bits per heavy atom. The third-order valence-corrected chi connectivity index (χ3v) is 3.79. The molecule has 1 fully saturated rings. The molecule has 1 N–H and O–H groups in total. The van der Waals surface area contributed by atoms with E-state index in [4.69, 9.17) is 0 Å². The summed E-state index contributed by atoms with van der Waals surface area (Å²) in [5, 5.41) is 2.99. The fourth-order valence-electron chi connectivity index (χ4n) is 2.59. The normalized spacial score (nSPS) is 21.9. The van der Waals surface area contributed by atoms with Gasteiger partial charge in [0.15, 0.2) is 0 Å². The lowest BCUT2D eigenvalue weighted by molar-refractivity contribution is 0.0917. The fourth-order valence-corrected chi connectivity index (χ4v) is 2.59. The van der Waals surface area contributed by atoms with Gasteiger partial charge in [-0.1, -0.05) is 6.92 Å². The summed E-state index contributed by atoms with van der Waals surface area (Å²) in [6.07, 6.45) is 5.87. The van der Waals surface area contributed by atoms with Crippen LogP contribution in [0.25, 0.3) is 0 Å². The van der Waals surface area contributed by atoms with Crippen molar-refractivity contribution in [2.24, 2.45) is 5.92 Å². The molecule has 0 saturated carbocycles. The lowest BCUT2D eigenvalue weighted by Gasteiger charge is -2.35. The van der Waals surface area contributed by atoms with Crippen LogP contribution < -0.4 is 5.32 Å². The molecule has 0 unspecified atom stereocenters. The lowest BCUT2D eigenvalue weighted by atomic mass is 9.99. The van der Waals surface area contributed by atoms with E-state index in [0.717, 1.165) is 19.0 Å². The Bertz CT molecular complexity index is 407. The number of hydrogen-bond donors (Lipinski definition) is 1. The molecule has 0 bridgehead atoms. The number of nitrogens with one attached hydrogen (secondary N) is 1. The second-order valence-corrected chi connectivity index (χ2v) is 5.54. The minimum absolute atomic E-state index is 0.0370. The third kappa shape index (κ3) is 4.03. The van der Waals surface area contributed by atoms with E-state index in [9.17, 15) is 4.79 Å². The van der Waals surface area contributed by atoms with Crippen LogP contribution in [-0.4, -0.2) is 41.5 Å². The number of carbonyl (C=O) groups is 1. The van der Waals surface area contributed by atoms with Crippen LogP contribution in [0.15, 0.2) is 24.5 Å². The molecule has 1 saturated heterocycles. The van der Waals surface area contributed by atoms with Crippen LogP contribution in [-0.2, 0) is 0 Å². The van der Waals surface area contributed by atoms with Crippen LogP contribution in [0.2, 0.25) is 0 Å². The Kier molecular flexibility index (Phi) is 4.91. The van der Waals surface area contributed by atoms with Gasteiger partial charge in [-0.3, -0.25) is 14.7 Å². The molecule has 2 atom stereocenters. The van der Waals surface area contributed by atoms with Crippen LogP contribution >= 0.6 is 0 Å². The molecule has 1 aliphatic rings. The van der Waals surface area contributed by atoms with Crippen LogP contribution in [0.4, 0.5) is 0 Å². The number of pyridine rings is 1. The summed E-state index contributed by atoms with van der Waals surface area (Å²) in [5.74, 6) is 0.732. The fraction of sp³-hybridized carbons (Fsp3) is 0.600. The molecule has 1 amide bonds. The lowest BCUT2D eigenvalue weighted by Crippen LogP contribution is -2.46. The van der Waals surface area contributed by atoms with Gasteiger partial charge in [0, 0.05) is 31.5 Å². The summed E-state index contributed by atoms with van der Waals surface area (Å²) in [7, 11) is 0. The monoisotopic (exact) mass is 261 g/mol. The molecular weight excluding hydrogens is 238 g/mol. The smallest absolute Gasteiger partial charge is 0.252 e. The molecule has 2 rings (SSSR count). The molecule has 0 radical (unpaired) electrons. The number of aromatic nitrogens is 1. The predicted octanol–water partition coefficient (Wildman–Crippen LogP) is 1.93. The molecule has 1 aromatic rings. The Morgan fingerprint density at radius 1 is 1.63 bits per heavy atom. The number of amides is 1. The van der Waals surface area contributed by atoms with Crippen LogP contribution in [0.1, 0.15) is 37.0 Å². The predicted molar refractivity (Wildman–Crippen MR) is 76.0 cm³/mol. The number of likely N-dealkylation sites (tertiary alicyclic amines) is 1. The Labute approximate surface area is 115 Å². The highest BCUT2D eigenvalue weighted by Gasteiger charge is 2.21. The van der Waals surface area contributed by atoms with Crippen molar-refractivity contribution in [2.75, 3.05) is 19.6 Å². The molecule has 1 aliphatic heterocycles. The van der Waals surface area contributed by atoms with Gasteiger partial charge in [-0.25, -0.2) is 0 Å². The first-order valence-corrected chi connectivity index (χ1v) is 7.09. The van der Waals surface area contributed by atoms with E-state index in [1.165, 1.54) is 12.8 Å². The highest BCUT2D eigenvalue weighted by atomic mass is 16.1. The summed E-state index contributed by atoms with van der Waals surface area (Å²) in [6, 6.07) is 3.96. The summed E-state index contributed by atoms with van der Waals surface area (Å²) >= 11 is 0. The Hall–Kier alpha value is -1.42. The van der Waals surface area contributed by atoms with E-state index in [0.29, 0.717) is 18.2 Å². The highest BCUT2D eigenvalue weighted by Crippen LogP contribution is 2.17. The van der Waals surface area contributed by atoms with Crippen molar-refractivity contribution >= 4 is 5.91 Å². The van der Waals surface area contributed by atoms with Crippen LogP contribution in [0.3, 0.4) is 0 Å². The van der Waals surface area contributed by atoms with Crippen molar-refractivity contribution in [1.29, 1.82) is 0 Å². The number of piperidine rings is 1. The first-order valence-electron chi connectivity index (χ1n) is 7.09. The number of rotatable bonds is 4. The molecule has 2 heterocycles. The van der Waals surface area contributed by atoms with Crippen molar-refractivity contribution in [3.05, 3.63) is 30.1 Å². The van der Waals surface area contributed by atoms with E-state index >= 15 is 0 Å². The van der Waals surface area contributed by atoms with Crippen molar-refractivity contribution in [2.45, 2.75) is 32.7 Å². The van der Waals surface area contributed by atoms with Crippen molar-refractivity contribution in [3.8, 4) is 0 Å². The first kappa shape index (κ1) is 14.0. The molecule has 104 valence electrons. The quantitative estimate of drug-likeness (QED) is 0.901. The zero-order valence-electron chi connectivity index (χ0n) is 11.8. The van der Waals surface area contributed by atoms with Gasteiger partial charge in [0.05, 0.1) is 5.56 Å². The van der Waals surface area contributed by atoms with Crippen molar-refractivity contribution in [1.82, 2.24) is 15.2 Å². The molecule has 4 heteroatoms. The van der Waals surface area contributed by atoms with Gasteiger partial charge in [-0.2, -0.15) is 0 Å². The zero-order valence-corrected chi connectivity index (χ0v) is 11.8. The van der Waals surface area contributed by atoms with E-state index in [1.807, 2.05) is 0 Å². The maximum absolute atomic E-state index is 11.9. The second kappa shape index (κ2) is 6.66. The van der Waals surface area contributed by atoms with E-state index in [-0.39, 0.29) is 5.91 Å². The summed E-state index contributed by atoms with van der Waals surface area (Å²) < 4.78 is 0. The Morgan fingerprint density at radius 3 is 3.16 bits per heavy atom. The zero-order chi connectivity index (χ0) is 13.7. The van der Waals surface area contributed by atoms with Crippen LogP contribution in [0, 0.1) is 5.92 Å². The van der Waals surface area contributed by atoms with Gasteiger partial charge in [0.2, 0.25) is 0 Å². The molecule has 0 spiro atoms. The number of nitrogens with zero attached hydrogens (tertiary/aromatic N) is 2. The van der Waals surface area contributed by atoms with Gasteiger partial charge in [-0.05, 0) is 44.4 Å². The summed E-state index contributed by atoms with van der Waals surface area (Å²) in [6.45, 7) is 7.47. The van der Waals surface area contributed by atoms with Gasteiger partial charge in [-0.15, -0.1) is 0 Å². The van der Waals surface area contributed by atoms with Crippen molar-refractivity contribution in [3.63, 3.8) is 0 Å². The van der Waals surface area contributed by atoms with E-state index in [1.54, 1.807) is 24.5 Å². The SMILES string of the molecule is C[C@H]1CCCN([C@H](C)CNC(=O)c2cccnc2)C1. The molecule has 19 heavy (non-hydrogen) atoms. The number of carbonyl (C=O) groups excluding carboxylic acids is 1. The summed E-state index contributed by atoms with van der Waals surface area (Å²) in [5.41, 5.74) is 0.627. The topological polar surface area (TPSA) is 45.2 Å². The largest absolute Gasteiger partial charge is 0.350 e. The molecule has 0 aromatic carbocycles. The van der Waals surface area contributed by atoms with Gasteiger partial charge in [0.25, 0.3) is 5.91 Å². The van der Waals surface area contributed by atoms with Gasteiger partial charge < -0.3 is 5.32 Å². The number of hydrogen-bond acceptors (Lipinski definition) is 3. The molecule has 1 aromatic heterocycles. The minimum Gasteiger partial charge on any atom is -0.350 e. The van der Waals surface area contributed by atoms with Crippen LogP contribution in [0.5, 0.6) is 0 Å². The maximum Gasteiger partial charge on any atom is 0.252 e. The molecular formula is C15H23N3O. The molecule has 4 nitrogen and oxygen atoms in total. The standard InChI is InChI=1S/C15H23N3O/c1-12-5-4-8-18(11-12)13(2)9-17-15(19)14-6-3-7-16-10-14/h3,6-7,10,12-13H,4-5,8-9,11H2,1-2H3,(H,17,19)/t12-,13+/m0/s1. The van der Waals surface area contributed by atoms with Gasteiger partial charge in [0.1, 0.15) is 0 Å². The average Bonchev–Trinajstić information content (AvgIpc) is 2.45. The molecule has 0 aliphatic carbocycles. The van der Waals surface area contributed by atoms with E-state index in [2.05, 4.69) is 29.0 Å². The summed E-state index contributed by atoms with van der Waals surface area (Å²) in [4.78, 5) is 18.4. The first-order chi connectivity index (χ1) is 9.16. The minimum atomic E-state index is -0.0370. The maximum atomic E-state index is 11.9. The Balaban J connectivity index is 1.80. The highest BCUT2D eigenvalue weighted by molar-refractivity contribution is 5.93.